The number of nitro groups is 1. The van der Waals surface area contributed by atoms with Gasteiger partial charge in [0.05, 0.1) is 10.6 Å². The smallest absolute Gasteiger partial charge is 0.271 e. The predicted octanol–water partition coefficient (Wildman–Crippen LogP) is 0.141. The number of nitrogens with one attached hydrogen (secondary N) is 1. The highest BCUT2D eigenvalue weighted by atomic mass is 16.6. The van der Waals surface area contributed by atoms with E-state index in [1.54, 1.807) is 4.90 Å². The molecule has 2 aliphatic heterocycles. The highest BCUT2D eigenvalue weighted by Gasteiger charge is 2.32. The third-order valence-electron chi connectivity index (χ3n) is 4.21. The van der Waals surface area contributed by atoms with Crippen molar-refractivity contribution in [3.63, 3.8) is 0 Å². The number of hydrogen-bond donors (Lipinski definition) is 1. The van der Waals surface area contributed by atoms with Gasteiger partial charge in [-0.1, -0.05) is 0 Å². The van der Waals surface area contributed by atoms with Gasteiger partial charge in [-0.25, -0.2) is 0 Å². The van der Waals surface area contributed by atoms with Gasteiger partial charge in [0, 0.05) is 37.8 Å². The fraction of sp³-hybridized carbons (Fsp3) is 0.467. The summed E-state index contributed by atoms with van der Waals surface area (Å²) in [4.78, 5) is 38.2. The van der Waals surface area contributed by atoms with Gasteiger partial charge in [-0.2, -0.15) is 0 Å². The third kappa shape index (κ3) is 3.02. The van der Waals surface area contributed by atoms with E-state index >= 15 is 0 Å². The maximum atomic E-state index is 12.6. The predicted molar refractivity (Wildman–Crippen MR) is 85.0 cm³/mol. The van der Waals surface area contributed by atoms with Crippen molar-refractivity contribution in [1.82, 2.24) is 10.2 Å². The van der Waals surface area contributed by atoms with Gasteiger partial charge in [0.25, 0.3) is 11.6 Å². The second-order valence-corrected chi connectivity index (χ2v) is 5.82. The third-order valence-corrected chi connectivity index (χ3v) is 4.21. The van der Waals surface area contributed by atoms with Crippen LogP contribution in [0.4, 0.5) is 11.4 Å². The van der Waals surface area contributed by atoms with Crippen molar-refractivity contribution in [3.8, 4) is 5.75 Å². The summed E-state index contributed by atoms with van der Waals surface area (Å²) in [6.07, 6.45) is 0. The molecule has 0 saturated carbocycles. The Morgan fingerprint density at radius 2 is 2.29 bits per heavy atom. The van der Waals surface area contributed by atoms with E-state index in [0.717, 1.165) is 0 Å². The van der Waals surface area contributed by atoms with E-state index in [4.69, 9.17) is 4.74 Å². The van der Waals surface area contributed by atoms with E-state index in [2.05, 4.69) is 5.32 Å². The summed E-state index contributed by atoms with van der Waals surface area (Å²) < 4.78 is 5.30. The highest BCUT2D eigenvalue weighted by Crippen LogP contribution is 2.35. The van der Waals surface area contributed by atoms with Crippen molar-refractivity contribution in [3.05, 3.63) is 28.3 Å². The van der Waals surface area contributed by atoms with Gasteiger partial charge in [-0.3, -0.25) is 24.6 Å². The average Bonchev–Trinajstić information content (AvgIpc) is 2.57. The molecule has 0 radical (unpaired) electrons. The molecular weight excluding hydrogens is 316 g/mol. The molecule has 1 aromatic rings. The minimum absolute atomic E-state index is 0.0342. The molecule has 0 spiro atoms. The number of non-ortho nitro benzene ring substituents is 1. The molecule has 2 amide bonds. The Kier molecular flexibility index (Phi) is 4.34. The van der Waals surface area contributed by atoms with E-state index in [0.29, 0.717) is 25.4 Å². The van der Waals surface area contributed by atoms with Crippen LogP contribution in [0, 0.1) is 10.1 Å². The van der Waals surface area contributed by atoms with Gasteiger partial charge in [0.15, 0.2) is 6.61 Å². The van der Waals surface area contributed by atoms with Crippen LogP contribution in [0.2, 0.25) is 0 Å². The van der Waals surface area contributed by atoms with Crippen LogP contribution in [0.1, 0.15) is 6.92 Å². The zero-order valence-corrected chi connectivity index (χ0v) is 13.2. The van der Waals surface area contributed by atoms with Gasteiger partial charge in [-0.15, -0.1) is 0 Å². The summed E-state index contributed by atoms with van der Waals surface area (Å²) in [5.74, 6) is -0.211. The second-order valence-electron chi connectivity index (χ2n) is 5.82. The molecule has 128 valence electrons. The van der Waals surface area contributed by atoms with Crippen LogP contribution in [0.15, 0.2) is 18.2 Å². The SMILES string of the molecule is CC1CNCCN1C(=O)CN1C(=O)COc2ccc([N+](=O)[O-])cc21. The van der Waals surface area contributed by atoms with Crippen LogP contribution in [-0.2, 0) is 9.59 Å². The number of rotatable bonds is 3. The van der Waals surface area contributed by atoms with Crippen molar-refractivity contribution < 1.29 is 19.2 Å². The Hall–Kier alpha value is -2.68. The summed E-state index contributed by atoms with van der Waals surface area (Å²) in [6, 6.07) is 4.06. The van der Waals surface area contributed by atoms with Crippen LogP contribution in [0.3, 0.4) is 0 Å². The lowest BCUT2D eigenvalue weighted by molar-refractivity contribution is -0.384. The molecule has 1 N–H and O–H groups in total. The number of ether oxygens (including phenoxy) is 1. The molecule has 0 bridgehead atoms. The lowest BCUT2D eigenvalue weighted by atomic mass is 10.2. The molecule has 24 heavy (non-hydrogen) atoms. The van der Waals surface area contributed by atoms with Gasteiger partial charge >= 0.3 is 0 Å². The van der Waals surface area contributed by atoms with E-state index in [1.807, 2.05) is 6.92 Å². The molecule has 2 aliphatic rings. The largest absolute Gasteiger partial charge is 0.482 e. The van der Waals surface area contributed by atoms with Crippen molar-refractivity contribution in [2.75, 3.05) is 37.7 Å². The quantitative estimate of drug-likeness (QED) is 0.623. The Morgan fingerprint density at radius 1 is 1.50 bits per heavy atom. The molecule has 0 aliphatic carbocycles. The number of carbonyl (C=O) groups is 2. The Balaban J connectivity index is 1.85. The summed E-state index contributed by atoms with van der Waals surface area (Å²) >= 11 is 0. The van der Waals surface area contributed by atoms with E-state index < -0.39 is 4.92 Å². The number of nitro benzene ring substituents is 1. The van der Waals surface area contributed by atoms with Crippen molar-refractivity contribution in [2.45, 2.75) is 13.0 Å². The average molecular weight is 334 g/mol. The van der Waals surface area contributed by atoms with E-state index in [1.165, 1.54) is 23.1 Å². The number of benzene rings is 1. The number of anilines is 1. The maximum absolute atomic E-state index is 12.6. The molecular formula is C15H18N4O5. The van der Waals surface area contributed by atoms with Crippen LogP contribution >= 0.6 is 0 Å². The number of piperazine rings is 1. The molecule has 1 saturated heterocycles. The topological polar surface area (TPSA) is 105 Å². The van der Waals surface area contributed by atoms with Crippen molar-refractivity contribution in [1.29, 1.82) is 0 Å². The molecule has 1 atom stereocenters. The summed E-state index contributed by atoms with van der Waals surface area (Å²) in [5.41, 5.74) is 0.108. The Bertz CT molecular complexity index is 692. The zero-order valence-electron chi connectivity index (χ0n) is 13.2. The summed E-state index contributed by atoms with van der Waals surface area (Å²) in [7, 11) is 0. The van der Waals surface area contributed by atoms with Gasteiger partial charge in [0.2, 0.25) is 5.91 Å². The Morgan fingerprint density at radius 3 is 3.00 bits per heavy atom. The second kappa shape index (κ2) is 6.44. The first kappa shape index (κ1) is 16.2. The zero-order chi connectivity index (χ0) is 17.3. The monoisotopic (exact) mass is 334 g/mol. The van der Waals surface area contributed by atoms with Crippen molar-refractivity contribution in [2.24, 2.45) is 0 Å². The normalized spacial score (nSPS) is 20.4. The number of hydrogen-bond acceptors (Lipinski definition) is 6. The molecule has 1 aromatic carbocycles. The fourth-order valence-corrected chi connectivity index (χ4v) is 2.92. The van der Waals surface area contributed by atoms with Gasteiger partial charge in [-0.05, 0) is 13.0 Å². The molecule has 9 heteroatoms. The molecule has 9 nitrogen and oxygen atoms in total. The summed E-state index contributed by atoms with van der Waals surface area (Å²) in [6.45, 7) is 3.57. The van der Waals surface area contributed by atoms with Crippen LogP contribution in [0.25, 0.3) is 0 Å². The van der Waals surface area contributed by atoms with Crippen LogP contribution in [0.5, 0.6) is 5.75 Å². The van der Waals surface area contributed by atoms with Gasteiger partial charge < -0.3 is 15.0 Å². The standard InChI is InChI=1S/C15H18N4O5/c1-10-7-16-4-5-17(10)14(20)8-18-12-6-11(19(22)23)2-3-13(12)24-9-15(18)21/h2-3,6,10,16H,4-5,7-9H2,1H3. The van der Waals surface area contributed by atoms with E-state index in [9.17, 15) is 19.7 Å². The number of nitrogens with zero attached hydrogens (tertiary/aromatic N) is 3. The number of fused-ring (bicyclic) bond motifs is 1. The Labute approximate surface area is 138 Å². The minimum atomic E-state index is -0.544. The van der Waals surface area contributed by atoms with Crippen molar-refractivity contribution >= 4 is 23.2 Å². The van der Waals surface area contributed by atoms with Crippen LogP contribution in [-0.4, -0.2) is 60.5 Å². The molecule has 2 heterocycles. The summed E-state index contributed by atoms with van der Waals surface area (Å²) in [5, 5.41) is 14.2. The lowest BCUT2D eigenvalue weighted by Gasteiger charge is -2.36. The first-order chi connectivity index (χ1) is 11.5. The fourth-order valence-electron chi connectivity index (χ4n) is 2.92. The minimum Gasteiger partial charge on any atom is -0.482 e. The first-order valence-electron chi connectivity index (χ1n) is 7.69. The molecule has 3 rings (SSSR count). The van der Waals surface area contributed by atoms with Gasteiger partial charge in [0.1, 0.15) is 12.3 Å². The first-order valence-corrected chi connectivity index (χ1v) is 7.69. The molecule has 1 fully saturated rings. The number of amides is 2. The van der Waals surface area contributed by atoms with Crippen LogP contribution < -0.4 is 15.0 Å². The van der Waals surface area contributed by atoms with E-state index in [-0.39, 0.29) is 42.4 Å². The molecule has 0 aromatic heterocycles. The maximum Gasteiger partial charge on any atom is 0.271 e. The lowest BCUT2D eigenvalue weighted by Crippen LogP contribution is -2.55. The molecule has 1 unspecified atom stereocenters. The number of carbonyl (C=O) groups excluding carboxylic acids is 2. The highest BCUT2D eigenvalue weighted by molar-refractivity contribution is 6.02.